The number of hydrazone groups is 1. The predicted octanol–water partition coefficient (Wildman–Crippen LogP) is 4.60. The Morgan fingerprint density at radius 3 is 2.55 bits per heavy atom. The molecule has 0 unspecified atom stereocenters. The summed E-state index contributed by atoms with van der Waals surface area (Å²) in [6.45, 7) is 3.89. The normalized spacial score (nSPS) is 10.9. The second kappa shape index (κ2) is 9.07. The molecule has 0 spiro atoms. The third-order valence-electron chi connectivity index (χ3n) is 4.22. The first-order chi connectivity index (χ1) is 13.9. The number of benzene rings is 2. The van der Waals surface area contributed by atoms with Crippen molar-refractivity contribution in [3.05, 3.63) is 81.0 Å². The van der Waals surface area contributed by atoms with E-state index < -0.39 is 11.8 Å². The standard InChI is InChI=1S/C21H18BrClN4O2/c1-13-10-15(14(2)27(13)19-9-4-3-8-18(19)23)12-24-26-21(29)20(28)25-17-7-5-6-16(22)11-17/h3-12H,1-2H3,(H,25,28)(H,26,29)/b24-12-. The van der Waals surface area contributed by atoms with Crippen LogP contribution >= 0.6 is 27.5 Å². The summed E-state index contributed by atoms with van der Waals surface area (Å²) in [5.74, 6) is -1.66. The van der Waals surface area contributed by atoms with E-state index in [4.69, 9.17) is 11.6 Å². The van der Waals surface area contributed by atoms with Crippen LogP contribution in [0.4, 0.5) is 5.69 Å². The molecule has 0 aliphatic heterocycles. The Hall–Kier alpha value is -2.90. The van der Waals surface area contributed by atoms with E-state index in [1.165, 1.54) is 6.21 Å². The maximum Gasteiger partial charge on any atom is 0.329 e. The Balaban J connectivity index is 1.69. The van der Waals surface area contributed by atoms with Gasteiger partial charge in [0.05, 0.1) is 16.9 Å². The minimum Gasteiger partial charge on any atom is -0.318 e. The summed E-state index contributed by atoms with van der Waals surface area (Å²) in [7, 11) is 0. The molecule has 6 nitrogen and oxygen atoms in total. The first-order valence-corrected chi connectivity index (χ1v) is 9.87. The highest BCUT2D eigenvalue weighted by Gasteiger charge is 2.14. The van der Waals surface area contributed by atoms with Gasteiger partial charge in [0, 0.05) is 27.1 Å². The molecule has 2 N–H and O–H groups in total. The highest BCUT2D eigenvalue weighted by molar-refractivity contribution is 9.10. The van der Waals surface area contributed by atoms with Crippen molar-refractivity contribution < 1.29 is 9.59 Å². The van der Waals surface area contributed by atoms with E-state index in [0.717, 1.165) is 27.1 Å². The van der Waals surface area contributed by atoms with Crippen LogP contribution in [0.25, 0.3) is 5.69 Å². The summed E-state index contributed by atoms with van der Waals surface area (Å²) >= 11 is 9.62. The van der Waals surface area contributed by atoms with Crippen LogP contribution in [0.3, 0.4) is 0 Å². The van der Waals surface area contributed by atoms with Crippen molar-refractivity contribution >= 4 is 51.2 Å². The third-order valence-corrected chi connectivity index (χ3v) is 5.03. The van der Waals surface area contributed by atoms with Crippen molar-refractivity contribution in [2.75, 3.05) is 5.32 Å². The molecular weight excluding hydrogens is 456 g/mol. The van der Waals surface area contributed by atoms with Gasteiger partial charge in [-0.15, -0.1) is 0 Å². The fourth-order valence-electron chi connectivity index (χ4n) is 2.89. The number of para-hydroxylation sites is 1. The molecule has 0 fully saturated rings. The largest absolute Gasteiger partial charge is 0.329 e. The van der Waals surface area contributed by atoms with E-state index in [1.807, 2.05) is 54.8 Å². The second-order valence-electron chi connectivity index (χ2n) is 6.28. The quantitative estimate of drug-likeness (QED) is 0.330. The number of carbonyl (C=O) groups is 2. The molecule has 0 aliphatic rings. The van der Waals surface area contributed by atoms with Crippen molar-refractivity contribution in [3.63, 3.8) is 0 Å². The number of hydrogen-bond donors (Lipinski definition) is 2. The molecule has 1 heterocycles. The lowest BCUT2D eigenvalue weighted by molar-refractivity contribution is -0.136. The van der Waals surface area contributed by atoms with Gasteiger partial charge in [0.2, 0.25) is 0 Å². The minimum atomic E-state index is -0.860. The number of carbonyl (C=O) groups excluding carboxylic acids is 2. The SMILES string of the molecule is Cc1cc(/C=N\NC(=O)C(=O)Nc2cccc(Br)c2)c(C)n1-c1ccccc1Cl. The summed E-state index contributed by atoms with van der Waals surface area (Å²) in [6.07, 6.45) is 1.50. The Kier molecular flexibility index (Phi) is 6.51. The lowest BCUT2D eigenvalue weighted by atomic mass is 10.2. The van der Waals surface area contributed by atoms with Crippen molar-refractivity contribution in [2.24, 2.45) is 5.10 Å². The van der Waals surface area contributed by atoms with Crippen LogP contribution in [0.2, 0.25) is 5.02 Å². The average molecular weight is 474 g/mol. The Morgan fingerprint density at radius 2 is 1.83 bits per heavy atom. The van der Waals surface area contributed by atoms with Gasteiger partial charge in [-0.1, -0.05) is 45.7 Å². The smallest absolute Gasteiger partial charge is 0.318 e. The number of amides is 2. The van der Waals surface area contributed by atoms with Crippen molar-refractivity contribution in [3.8, 4) is 5.69 Å². The van der Waals surface area contributed by atoms with E-state index in [1.54, 1.807) is 18.2 Å². The Morgan fingerprint density at radius 1 is 1.07 bits per heavy atom. The number of nitrogens with one attached hydrogen (secondary N) is 2. The van der Waals surface area contributed by atoms with Crippen LogP contribution < -0.4 is 10.7 Å². The van der Waals surface area contributed by atoms with Gasteiger partial charge in [0.25, 0.3) is 0 Å². The predicted molar refractivity (Wildman–Crippen MR) is 119 cm³/mol. The fraction of sp³-hybridized carbons (Fsp3) is 0.0952. The first-order valence-electron chi connectivity index (χ1n) is 8.70. The monoisotopic (exact) mass is 472 g/mol. The van der Waals surface area contributed by atoms with Crippen LogP contribution in [0.1, 0.15) is 17.0 Å². The molecular formula is C21H18BrClN4O2. The van der Waals surface area contributed by atoms with Crippen LogP contribution in [0.15, 0.2) is 64.2 Å². The maximum atomic E-state index is 12.0. The zero-order valence-corrected chi connectivity index (χ0v) is 18.1. The Bertz CT molecular complexity index is 1110. The van der Waals surface area contributed by atoms with E-state index in [-0.39, 0.29) is 0 Å². The molecule has 0 atom stereocenters. The van der Waals surface area contributed by atoms with Crippen molar-refractivity contribution in [1.29, 1.82) is 0 Å². The van der Waals surface area contributed by atoms with Gasteiger partial charge in [-0.2, -0.15) is 5.10 Å². The summed E-state index contributed by atoms with van der Waals surface area (Å²) in [4.78, 5) is 24.0. The number of anilines is 1. The number of rotatable bonds is 4. The maximum absolute atomic E-state index is 12.0. The molecule has 1 aromatic heterocycles. The minimum absolute atomic E-state index is 0.506. The van der Waals surface area contributed by atoms with Gasteiger partial charge in [-0.25, -0.2) is 5.43 Å². The molecule has 2 aromatic carbocycles. The van der Waals surface area contributed by atoms with E-state index >= 15 is 0 Å². The molecule has 3 rings (SSSR count). The summed E-state index contributed by atoms with van der Waals surface area (Å²) in [5.41, 5.74) is 6.29. The summed E-state index contributed by atoms with van der Waals surface area (Å²) < 4.78 is 2.80. The summed E-state index contributed by atoms with van der Waals surface area (Å²) in [5, 5.41) is 7.06. The Labute approximate surface area is 181 Å². The number of aryl methyl sites for hydroxylation is 1. The number of nitrogens with zero attached hydrogens (tertiary/aromatic N) is 2. The van der Waals surface area contributed by atoms with Gasteiger partial charge in [-0.3, -0.25) is 9.59 Å². The van der Waals surface area contributed by atoms with Crippen LogP contribution in [-0.2, 0) is 9.59 Å². The van der Waals surface area contributed by atoms with E-state index in [2.05, 4.69) is 31.8 Å². The van der Waals surface area contributed by atoms with Crippen molar-refractivity contribution in [2.45, 2.75) is 13.8 Å². The van der Waals surface area contributed by atoms with Gasteiger partial charge in [-0.05, 0) is 50.2 Å². The number of hydrogen-bond acceptors (Lipinski definition) is 3. The lowest BCUT2D eigenvalue weighted by Gasteiger charge is -2.11. The first kappa shape index (κ1) is 20.8. The zero-order chi connectivity index (χ0) is 21.0. The molecule has 2 amide bonds. The summed E-state index contributed by atoms with van der Waals surface area (Å²) in [6, 6.07) is 16.4. The molecule has 148 valence electrons. The molecule has 3 aromatic rings. The number of aromatic nitrogens is 1. The van der Waals surface area contributed by atoms with E-state index in [9.17, 15) is 9.59 Å². The van der Waals surface area contributed by atoms with Gasteiger partial charge < -0.3 is 9.88 Å². The number of halogens is 2. The topological polar surface area (TPSA) is 75.5 Å². The highest BCUT2D eigenvalue weighted by atomic mass is 79.9. The highest BCUT2D eigenvalue weighted by Crippen LogP contribution is 2.25. The zero-order valence-electron chi connectivity index (χ0n) is 15.7. The molecule has 0 bridgehead atoms. The molecule has 0 aliphatic carbocycles. The molecule has 8 heteroatoms. The van der Waals surface area contributed by atoms with Crippen molar-refractivity contribution in [1.82, 2.24) is 9.99 Å². The second-order valence-corrected chi connectivity index (χ2v) is 7.60. The van der Waals surface area contributed by atoms with E-state index in [0.29, 0.717) is 10.7 Å². The third kappa shape index (κ3) is 4.93. The van der Waals surface area contributed by atoms with Gasteiger partial charge in [0.1, 0.15) is 0 Å². The lowest BCUT2D eigenvalue weighted by Crippen LogP contribution is -2.32. The van der Waals surface area contributed by atoms with Crippen LogP contribution in [-0.4, -0.2) is 22.6 Å². The average Bonchev–Trinajstić information content (AvgIpc) is 2.95. The fourth-order valence-corrected chi connectivity index (χ4v) is 3.51. The molecule has 29 heavy (non-hydrogen) atoms. The molecule has 0 radical (unpaired) electrons. The van der Waals surface area contributed by atoms with Gasteiger partial charge >= 0.3 is 11.8 Å². The van der Waals surface area contributed by atoms with Crippen LogP contribution in [0, 0.1) is 13.8 Å². The molecule has 0 saturated carbocycles. The van der Waals surface area contributed by atoms with Crippen LogP contribution in [0.5, 0.6) is 0 Å². The van der Waals surface area contributed by atoms with Gasteiger partial charge in [0.15, 0.2) is 0 Å². The molecule has 0 saturated heterocycles.